The summed E-state index contributed by atoms with van der Waals surface area (Å²) in [4.78, 5) is 6.62. The fourth-order valence-electron chi connectivity index (χ4n) is 4.46. The summed E-state index contributed by atoms with van der Waals surface area (Å²) in [5, 5.41) is 0. The molecule has 9 heteroatoms. The number of nitrogens with two attached hydrogens (primary N) is 1. The van der Waals surface area contributed by atoms with Gasteiger partial charge in [-0.2, -0.15) is 0 Å². The summed E-state index contributed by atoms with van der Waals surface area (Å²) in [5.74, 6) is -2.17. The van der Waals surface area contributed by atoms with Gasteiger partial charge in [-0.1, -0.05) is 0 Å². The maximum Gasteiger partial charge on any atom is 0.251 e. The van der Waals surface area contributed by atoms with Crippen molar-refractivity contribution in [1.82, 2.24) is 0 Å². The SMILES string of the molecule is COc1cc(F)c2c(c1)[C@]1(COCC(N)=N1)c1cc(N3CCC(F)(F)CC3)ccc1O2. The number of ether oxygens (including phenoxy) is 3. The molecular formula is C22H22F3N3O3. The van der Waals surface area contributed by atoms with Gasteiger partial charge >= 0.3 is 0 Å². The van der Waals surface area contributed by atoms with Crippen LogP contribution in [0.25, 0.3) is 0 Å². The van der Waals surface area contributed by atoms with Crippen molar-refractivity contribution in [3.63, 3.8) is 0 Å². The van der Waals surface area contributed by atoms with E-state index in [0.29, 0.717) is 22.6 Å². The van der Waals surface area contributed by atoms with E-state index >= 15 is 0 Å². The molecule has 1 atom stereocenters. The molecule has 164 valence electrons. The molecule has 0 radical (unpaired) electrons. The van der Waals surface area contributed by atoms with Crippen LogP contribution in [0.3, 0.4) is 0 Å². The lowest BCUT2D eigenvalue weighted by Gasteiger charge is -2.40. The van der Waals surface area contributed by atoms with Crippen molar-refractivity contribution < 1.29 is 27.4 Å². The van der Waals surface area contributed by atoms with E-state index in [-0.39, 0.29) is 50.7 Å². The average Bonchev–Trinajstić information content (AvgIpc) is 2.74. The van der Waals surface area contributed by atoms with Gasteiger partial charge in [-0.15, -0.1) is 0 Å². The predicted molar refractivity (Wildman–Crippen MR) is 109 cm³/mol. The summed E-state index contributed by atoms with van der Waals surface area (Å²) in [6.45, 7) is 0.771. The molecule has 0 unspecified atom stereocenters. The van der Waals surface area contributed by atoms with Gasteiger partial charge < -0.3 is 24.8 Å². The van der Waals surface area contributed by atoms with Crippen molar-refractivity contribution in [2.24, 2.45) is 10.7 Å². The number of fused-ring (bicyclic) bond motifs is 4. The highest BCUT2D eigenvalue weighted by Gasteiger charge is 2.46. The van der Waals surface area contributed by atoms with E-state index in [2.05, 4.69) is 0 Å². The molecule has 1 saturated heterocycles. The smallest absolute Gasteiger partial charge is 0.251 e. The van der Waals surface area contributed by atoms with E-state index in [0.717, 1.165) is 5.69 Å². The summed E-state index contributed by atoms with van der Waals surface area (Å²) >= 11 is 0. The van der Waals surface area contributed by atoms with Crippen LogP contribution >= 0.6 is 0 Å². The number of piperidine rings is 1. The molecule has 3 heterocycles. The number of rotatable bonds is 2. The number of hydrogen-bond donors (Lipinski definition) is 1. The predicted octanol–water partition coefficient (Wildman–Crippen LogP) is 3.81. The standard InChI is InChI=1S/C22H22F3N3O3/c1-29-14-9-16-20(17(23)10-14)31-18-3-2-13(28-6-4-21(24,25)5-7-28)8-15(18)22(16)12-30-11-19(26)27-22/h2-3,8-10H,4-7,11-12H2,1H3,(H2,26,27)/t22-/m0/s1. The molecule has 3 aliphatic rings. The van der Waals surface area contributed by atoms with E-state index in [1.165, 1.54) is 13.2 Å². The van der Waals surface area contributed by atoms with Crippen LogP contribution in [0.2, 0.25) is 0 Å². The van der Waals surface area contributed by atoms with Crippen molar-refractivity contribution in [2.45, 2.75) is 24.3 Å². The van der Waals surface area contributed by atoms with Gasteiger partial charge in [0.2, 0.25) is 0 Å². The molecule has 2 N–H and O–H groups in total. The van der Waals surface area contributed by atoms with Gasteiger partial charge in [0.1, 0.15) is 29.5 Å². The van der Waals surface area contributed by atoms with Crippen LogP contribution in [-0.4, -0.2) is 45.2 Å². The van der Waals surface area contributed by atoms with Gasteiger partial charge in [-0.3, -0.25) is 4.99 Å². The highest BCUT2D eigenvalue weighted by molar-refractivity contribution is 5.84. The van der Waals surface area contributed by atoms with Crippen molar-refractivity contribution in [3.8, 4) is 17.2 Å². The molecule has 0 amide bonds. The quantitative estimate of drug-likeness (QED) is 0.780. The highest BCUT2D eigenvalue weighted by atomic mass is 19.3. The van der Waals surface area contributed by atoms with Crippen LogP contribution in [0.15, 0.2) is 35.3 Å². The molecule has 2 aromatic rings. The van der Waals surface area contributed by atoms with Gasteiger partial charge in [0, 0.05) is 48.8 Å². The number of nitrogens with zero attached hydrogens (tertiary/aromatic N) is 2. The number of halogens is 3. The van der Waals surface area contributed by atoms with Crippen molar-refractivity contribution in [3.05, 3.63) is 47.3 Å². The van der Waals surface area contributed by atoms with Crippen molar-refractivity contribution in [2.75, 3.05) is 38.3 Å². The van der Waals surface area contributed by atoms with Crippen molar-refractivity contribution >= 4 is 11.5 Å². The average molecular weight is 433 g/mol. The third-order valence-corrected chi connectivity index (χ3v) is 6.07. The second kappa shape index (κ2) is 7.05. The summed E-state index contributed by atoms with van der Waals surface area (Å²) < 4.78 is 59.0. The van der Waals surface area contributed by atoms with Crippen LogP contribution in [0.5, 0.6) is 17.2 Å². The highest BCUT2D eigenvalue weighted by Crippen LogP contribution is 2.53. The van der Waals surface area contributed by atoms with E-state index in [9.17, 15) is 13.2 Å². The Kier molecular flexibility index (Phi) is 4.55. The van der Waals surface area contributed by atoms with Crippen LogP contribution < -0.4 is 20.1 Å². The molecule has 5 rings (SSSR count). The Balaban J connectivity index is 1.65. The van der Waals surface area contributed by atoms with Gasteiger partial charge in [-0.05, 0) is 24.3 Å². The zero-order chi connectivity index (χ0) is 21.8. The topological polar surface area (TPSA) is 69.3 Å². The Hall–Kier alpha value is -2.94. The summed E-state index contributed by atoms with van der Waals surface area (Å²) in [6.07, 6.45) is -0.406. The maximum atomic E-state index is 14.9. The van der Waals surface area contributed by atoms with E-state index in [1.807, 2.05) is 11.0 Å². The van der Waals surface area contributed by atoms with Crippen LogP contribution in [0.4, 0.5) is 18.9 Å². The summed E-state index contributed by atoms with van der Waals surface area (Å²) in [5.41, 5.74) is 6.77. The lowest BCUT2D eigenvalue weighted by molar-refractivity contribution is -0.0220. The monoisotopic (exact) mass is 433 g/mol. The molecule has 31 heavy (non-hydrogen) atoms. The Morgan fingerprint density at radius 3 is 2.61 bits per heavy atom. The molecule has 0 bridgehead atoms. The maximum absolute atomic E-state index is 14.9. The second-order valence-electron chi connectivity index (χ2n) is 8.07. The fraction of sp³-hybridized carbons (Fsp3) is 0.409. The molecule has 1 spiro atoms. The van der Waals surface area contributed by atoms with Gasteiger partial charge in [-0.25, -0.2) is 13.2 Å². The third kappa shape index (κ3) is 3.27. The second-order valence-corrected chi connectivity index (χ2v) is 8.07. The zero-order valence-corrected chi connectivity index (χ0v) is 17.0. The lowest BCUT2D eigenvalue weighted by atomic mass is 9.80. The van der Waals surface area contributed by atoms with Gasteiger partial charge in [0.05, 0.1) is 13.7 Å². The first-order valence-corrected chi connectivity index (χ1v) is 10.1. The van der Waals surface area contributed by atoms with Gasteiger partial charge in [0.25, 0.3) is 5.92 Å². The van der Waals surface area contributed by atoms with Crippen molar-refractivity contribution in [1.29, 1.82) is 0 Å². The summed E-state index contributed by atoms with van der Waals surface area (Å²) in [6, 6.07) is 8.27. The van der Waals surface area contributed by atoms with Crippen LogP contribution in [-0.2, 0) is 10.3 Å². The number of methoxy groups -OCH3 is 1. The number of benzene rings is 2. The minimum Gasteiger partial charge on any atom is -0.497 e. The Morgan fingerprint density at radius 2 is 1.90 bits per heavy atom. The number of aliphatic imine (C=N–C) groups is 1. The Labute approximate surface area is 177 Å². The largest absolute Gasteiger partial charge is 0.497 e. The third-order valence-electron chi connectivity index (χ3n) is 6.07. The first kappa shape index (κ1) is 20.0. The first-order chi connectivity index (χ1) is 14.8. The van der Waals surface area contributed by atoms with Gasteiger partial charge in [0.15, 0.2) is 11.6 Å². The van der Waals surface area contributed by atoms with Crippen LogP contribution in [0, 0.1) is 5.82 Å². The zero-order valence-electron chi connectivity index (χ0n) is 17.0. The van der Waals surface area contributed by atoms with E-state index < -0.39 is 17.3 Å². The summed E-state index contributed by atoms with van der Waals surface area (Å²) in [7, 11) is 1.45. The molecule has 2 aromatic carbocycles. The Bertz CT molecular complexity index is 1070. The lowest BCUT2D eigenvalue weighted by Crippen LogP contribution is -2.43. The number of alkyl halides is 2. The molecule has 0 aromatic heterocycles. The fourth-order valence-corrected chi connectivity index (χ4v) is 4.46. The van der Waals surface area contributed by atoms with Crippen LogP contribution in [0.1, 0.15) is 24.0 Å². The molecular weight excluding hydrogens is 411 g/mol. The molecule has 1 fully saturated rings. The van der Waals surface area contributed by atoms with E-state index in [4.69, 9.17) is 24.9 Å². The Morgan fingerprint density at radius 1 is 1.13 bits per heavy atom. The number of amidine groups is 1. The molecule has 6 nitrogen and oxygen atoms in total. The molecule has 0 saturated carbocycles. The number of anilines is 1. The molecule has 0 aliphatic carbocycles. The molecule has 3 aliphatic heterocycles. The van der Waals surface area contributed by atoms with E-state index in [1.54, 1.807) is 18.2 Å². The minimum atomic E-state index is -2.64. The minimum absolute atomic E-state index is 0.0423. The normalized spacial score (nSPS) is 24.1. The first-order valence-electron chi connectivity index (χ1n) is 10.1. The number of hydrogen-bond acceptors (Lipinski definition) is 6.